The summed E-state index contributed by atoms with van der Waals surface area (Å²) in [4.78, 5) is 0. The van der Waals surface area contributed by atoms with Crippen LogP contribution in [0.25, 0.3) is 0 Å². The third-order valence-corrected chi connectivity index (χ3v) is 12.1. The predicted octanol–water partition coefficient (Wildman–Crippen LogP) is 6.79. The van der Waals surface area contributed by atoms with E-state index in [1.54, 1.807) is 5.57 Å². The Morgan fingerprint density at radius 1 is 1.03 bits per heavy atom. The number of fused-ring (bicyclic) bond motifs is 5. The number of rotatable bonds is 5. The lowest BCUT2D eigenvalue weighted by Crippen LogP contribution is -2.52. The van der Waals surface area contributed by atoms with E-state index in [1.807, 2.05) is 6.92 Å². The Morgan fingerprint density at radius 2 is 1.79 bits per heavy atom. The van der Waals surface area contributed by atoms with Crippen molar-refractivity contribution in [2.24, 2.45) is 45.8 Å². The number of aliphatic hydroxyl groups excluding tert-OH is 1. The zero-order chi connectivity index (χ0) is 23.6. The SMILES string of the molecule is C[C@H](CC[C@H](O)C1(C#N)CCC1)[C@H]1CC[C@H]2[C@@H]3CC=C4C[C@@](C)(O)CC[C@]4(C)[C@H]3CC[C@]12C. The fraction of sp³-hybridized carbons (Fsp3) is 0.900. The first-order valence-electron chi connectivity index (χ1n) is 14.1. The summed E-state index contributed by atoms with van der Waals surface area (Å²) >= 11 is 0. The monoisotopic (exact) mass is 453 g/mol. The first-order chi connectivity index (χ1) is 15.5. The van der Waals surface area contributed by atoms with Crippen molar-refractivity contribution in [2.75, 3.05) is 0 Å². The predicted molar refractivity (Wildman–Crippen MR) is 132 cm³/mol. The van der Waals surface area contributed by atoms with Gasteiger partial charge in [-0.15, -0.1) is 0 Å². The molecule has 4 saturated carbocycles. The fourth-order valence-electron chi connectivity index (χ4n) is 9.76. The van der Waals surface area contributed by atoms with Crippen molar-refractivity contribution in [3.05, 3.63) is 11.6 Å². The molecule has 5 aliphatic carbocycles. The number of allylic oxidation sites excluding steroid dienone is 1. The van der Waals surface area contributed by atoms with Gasteiger partial charge in [0.25, 0.3) is 0 Å². The van der Waals surface area contributed by atoms with E-state index in [-0.39, 0.29) is 0 Å². The van der Waals surface area contributed by atoms with Crippen LogP contribution < -0.4 is 0 Å². The van der Waals surface area contributed by atoms with Gasteiger partial charge in [0.1, 0.15) is 0 Å². The summed E-state index contributed by atoms with van der Waals surface area (Å²) in [7, 11) is 0. The molecule has 0 saturated heterocycles. The molecule has 0 aromatic carbocycles. The molecule has 5 aliphatic rings. The largest absolute Gasteiger partial charge is 0.391 e. The van der Waals surface area contributed by atoms with Crippen molar-refractivity contribution in [3.8, 4) is 6.07 Å². The molecule has 0 aliphatic heterocycles. The van der Waals surface area contributed by atoms with E-state index in [9.17, 15) is 15.5 Å². The van der Waals surface area contributed by atoms with Gasteiger partial charge in [-0.2, -0.15) is 5.26 Å². The lowest BCUT2D eigenvalue weighted by Gasteiger charge is -2.59. The topological polar surface area (TPSA) is 64.2 Å². The Balaban J connectivity index is 1.28. The van der Waals surface area contributed by atoms with Crippen LogP contribution in [0.4, 0.5) is 0 Å². The third-order valence-electron chi connectivity index (χ3n) is 12.1. The second-order valence-electron chi connectivity index (χ2n) is 13.9. The zero-order valence-electron chi connectivity index (χ0n) is 21.6. The molecule has 5 rings (SSSR count). The quantitative estimate of drug-likeness (QED) is 0.451. The molecular formula is C30H47NO2. The van der Waals surface area contributed by atoms with Crippen molar-refractivity contribution < 1.29 is 10.2 Å². The molecule has 184 valence electrons. The van der Waals surface area contributed by atoms with E-state index in [0.717, 1.165) is 75.0 Å². The molecule has 0 heterocycles. The van der Waals surface area contributed by atoms with Crippen molar-refractivity contribution in [2.45, 2.75) is 123 Å². The molecule has 0 bridgehead atoms. The van der Waals surface area contributed by atoms with E-state index < -0.39 is 17.1 Å². The molecule has 3 heteroatoms. The summed E-state index contributed by atoms with van der Waals surface area (Å²) in [5.74, 6) is 3.79. The van der Waals surface area contributed by atoms with E-state index in [0.29, 0.717) is 16.7 Å². The lowest BCUT2D eigenvalue weighted by atomic mass is 9.46. The minimum atomic E-state index is -0.510. The van der Waals surface area contributed by atoms with Crippen LogP contribution in [0, 0.1) is 57.2 Å². The van der Waals surface area contributed by atoms with E-state index in [2.05, 4.69) is 32.9 Å². The van der Waals surface area contributed by atoms with Crippen molar-refractivity contribution in [3.63, 3.8) is 0 Å². The maximum Gasteiger partial charge on any atom is 0.0832 e. The van der Waals surface area contributed by atoms with Crippen molar-refractivity contribution in [1.82, 2.24) is 0 Å². The van der Waals surface area contributed by atoms with Gasteiger partial charge in [-0.3, -0.25) is 0 Å². The lowest BCUT2D eigenvalue weighted by molar-refractivity contribution is -0.0716. The summed E-state index contributed by atoms with van der Waals surface area (Å²) in [5, 5.41) is 31.1. The molecule has 0 aromatic heterocycles. The Morgan fingerprint density at radius 3 is 2.45 bits per heavy atom. The van der Waals surface area contributed by atoms with Crippen LogP contribution in [0.15, 0.2) is 11.6 Å². The molecule has 4 fully saturated rings. The van der Waals surface area contributed by atoms with Gasteiger partial charge in [0.05, 0.1) is 23.2 Å². The normalized spacial score (nSPS) is 47.7. The maximum atomic E-state index is 10.8. The molecule has 0 amide bonds. The highest BCUT2D eigenvalue weighted by atomic mass is 16.3. The molecule has 3 nitrogen and oxygen atoms in total. The summed E-state index contributed by atoms with van der Waals surface area (Å²) in [5.41, 5.74) is 1.34. The maximum absolute atomic E-state index is 10.8. The molecule has 2 N–H and O–H groups in total. The van der Waals surface area contributed by atoms with Crippen LogP contribution in [0.3, 0.4) is 0 Å². The van der Waals surface area contributed by atoms with Gasteiger partial charge in [0.15, 0.2) is 0 Å². The van der Waals surface area contributed by atoms with Crippen molar-refractivity contribution in [1.29, 1.82) is 5.26 Å². The van der Waals surface area contributed by atoms with E-state index in [4.69, 9.17) is 0 Å². The number of nitriles is 1. The smallest absolute Gasteiger partial charge is 0.0832 e. The van der Waals surface area contributed by atoms with Gasteiger partial charge in [0.2, 0.25) is 0 Å². The molecule has 33 heavy (non-hydrogen) atoms. The molecule has 0 radical (unpaired) electrons. The first kappa shape index (κ1) is 23.9. The number of aliphatic hydroxyl groups is 2. The Bertz CT molecular complexity index is 835. The number of hydrogen-bond donors (Lipinski definition) is 2. The Kier molecular flexibility index (Phi) is 5.85. The van der Waals surface area contributed by atoms with E-state index >= 15 is 0 Å². The van der Waals surface area contributed by atoms with Crippen LogP contribution in [0.1, 0.15) is 111 Å². The second kappa shape index (κ2) is 8.09. The Hall–Kier alpha value is -0.850. The minimum Gasteiger partial charge on any atom is -0.391 e. The van der Waals surface area contributed by atoms with Gasteiger partial charge in [-0.25, -0.2) is 0 Å². The van der Waals surface area contributed by atoms with Gasteiger partial charge in [-0.1, -0.05) is 38.8 Å². The first-order valence-corrected chi connectivity index (χ1v) is 14.1. The molecule has 0 spiro atoms. The number of hydrogen-bond acceptors (Lipinski definition) is 3. The summed E-state index contributed by atoms with van der Waals surface area (Å²) in [6, 6.07) is 2.45. The van der Waals surface area contributed by atoms with Crippen LogP contribution in [0.5, 0.6) is 0 Å². The number of nitrogens with zero attached hydrogens (tertiary/aromatic N) is 1. The highest BCUT2D eigenvalue weighted by Gasteiger charge is 2.59. The molecular weight excluding hydrogens is 406 g/mol. The second-order valence-corrected chi connectivity index (χ2v) is 13.9. The van der Waals surface area contributed by atoms with Gasteiger partial charge in [0, 0.05) is 0 Å². The average Bonchev–Trinajstić information content (AvgIpc) is 3.09. The third kappa shape index (κ3) is 3.65. The minimum absolute atomic E-state index is 0.300. The van der Waals surface area contributed by atoms with Gasteiger partial charge >= 0.3 is 0 Å². The van der Waals surface area contributed by atoms with Gasteiger partial charge < -0.3 is 10.2 Å². The molecule has 0 unspecified atom stereocenters. The molecule has 9 atom stereocenters. The van der Waals surface area contributed by atoms with Crippen molar-refractivity contribution >= 4 is 0 Å². The standard InChI is InChI=1S/C30H47NO2/c1-20(6-11-26(32)30(19-31)13-5-14-30)23-9-10-24-22-8-7-21-18-27(2,33)16-17-28(21,3)25(22)12-15-29(23,24)4/h7,20,22-26,32-33H,5-6,8-18H2,1-4H3/t20-,22+,23-,24+,25+,26+,27+,28+,29-/m1/s1. The average molecular weight is 454 g/mol. The molecule has 0 aromatic rings. The highest BCUT2D eigenvalue weighted by molar-refractivity contribution is 5.26. The Labute approximate surface area is 202 Å². The van der Waals surface area contributed by atoms with Crippen LogP contribution in [-0.2, 0) is 0 Å². The van der Waals surface area contributed by atoms with Crippen LogP contribution in [-0.4, -0.2) is 21.9 Å². The van der Waals surface area contributed by atoms with E-state index in [1.165, 1.54) is 32.1 Å². The summed E-state index contributed by atoms with van der Waals surface area (Å²) in [6.07, 6.45) is 16.4. The zero-order valence-corrected chi connectivity index (χ0v) is 21.6. The summed E-state index contributed by atoms with van der Waals surface area (Å²) < 4.78 is 0. The fourth-order valence-corrected chi connectivity index (χ4v) is 9.76. The highest BCUT2D eigenvalue weighted by Crippen LogP contribution is 2.67. The van der Waals surface area contributed by atoms with Gasteiger partial charge in [-0.05, 0) is 124 Å². The van der Waals surface area contributed by atoms with Crippen LogP contribution in [0.2, 0.25) is 0 Å². The van der Waals surface area contributed by atoms with Crippen LogP contribution >= 0.6 is 0 Å². The summed E-state index contributed by atoms with van der Waals surface area (Å²) in [6.45, 7) is 9.59.